The number of fused-ring (bicyclic) bond motifs is 5. The Morgan fingerprint density at radius 1 is 1.06 bits per heavy atom. The lowest BCUT2D eigenvalue weighted by Gasteiger charge is -2.62. The summed E-state index contributed by atoms with van der Waals surface area (Å²) in [5.74, 6) is -0.530. The van der Waals surface area contributed by atoms with E-state index in [4.69, 9.17) is 4.74 Å². The summed E-state index contributed by atoms with van der Waals surface area (Å²) in [4.78, 5) is 25.7. The molecule has 6 nitrogen and oxygen atoms in total. The van der Waals surface area contributed by atoms with Gasteiger partial charge in [-0.1, -0.05) is 53.7 Å². The second-order valence-corrected chi connectivity index (χ2v) is 13.6. The Morgan fingerprint density at radius 3 is 2.33 bits per heavy atom. The number of rotatable bonds is 5. The SMILES string of the molecule is CC(=O)O[C@H]1C[C@H]2C3C([C@@H](O)C[C@]2(C)[C@H]1[C@H](C)/C=C/[C@H](C)C(C)C)[C@@]1(C)CC[C@H](O)C[C@@H]1C(=O)[C@@H]3O. The fourth-order valence-electron chi connectivity index (χ4n) is 9.12. The summed E-state index contributed by atoms with van der Waals surface area (Å²) in [5, 5.41) is 33.5. The summed E-state index contributed by atoms with van der Waals surface area (Å²) in [6.07, 6.45) is 4.60. The minimum Gasteiger partial charge on any atom is -0.462 e. The zero-order valence-corrected chi connectivity index (χ0v) is 23.2. The summed E-state index contributed by atoms with van der Waals surface area (Å²) in [6.45, 7) is 14.5. The van der Waals surface area contributed by atoms with E-state index in [-0.39, 0.29) is 52.9 Å². The van der Waals surface area contributed by atoms with E-state index >= 15 is 0 Å². The first kappa shape index (κ1) is 27.8. The molecule has 0 heterocycles. The van der Waals surface area contributed by atoms with Gasteiger partial charge in [-0.15, -0.1) is 0 Å². The molecule has 4 aliphatic rings. The number of hydrogen-bond acceptors (Lipinski definition) is 6. The fourth-order valence-corrected chi connectivity index (χ4v) is 9.12. The number of esters is 1. The van der Waals surface area contributed by atoms with Crippen LogP contribution in [0.15, 0.2) is 12.2 Å². The summed E-state index contributed by atoms with van der Waals surface area (Å²) < 4.78 is 5.93. The molecular weight excluding hydrogens is 456 g/mol. The van der Waals surface area contributed by atoms with Gasteiger partial charge in [0.1, 0.15) is 12.2 Å². The predicted molar refractivity (Wildman–Crippen MR) is 138 cm³/mol. The van der Waals surface area contributed by atoms with Crippen LogP contribution in [0.3, 0.4) is 0 Å². The monoisotopic (exact) mass is 504 g/mol. The molecule has 4 rings (SSSR count). The average Bonchev–Trinajstić information content (AvgIpc) is 3.06. The number of hydrogen-bond donors (Lipinski definition) is 3. The molecule has 2 unspecified atom stereocenters. The molecule has 0 aromatic carbocycles. The maximum atomic E-state index is 13.5. The molecular formula is C30H48O6. The van der Waals surface area contributed by atoms with Gasteiger partial charge >= 0.3 is 5.97 Å². The van der Waals surface area contributed by atoms with E-state index in [0.29, 0.717) is 43.9 Å². The van der Waals surface area contributed by atoms with E-state index in [9.17, 15) is 24.9 Å². The zero-order valence-electron chi connectivity index (χ0n) is 23.2. The summed E-state index contributed by atoms with van der Waals surface area (Å²) >= 11 is 0. The molecule has 0 saturated heterocycles. The molecule has 6 heteroatoms. The van der Waals surface area contributed by atoms with Crippen molar-refractivity contribution >= 4 is 11.8 Å². The highest BCUT2D eigenvalue weighted by Gasteiger charge is 2.69. The average molecular weight is 505 g/mol. The summed E-state index contributed by atoms with van der Waals surface area (Å²) in [6, 6.07) is 0. The minimum atomic E-state index is -1.17. The molecule has 0 aliphatic heterocycles. The summed E-state index contributed by atoms with van der Waals surface area (Å²) in [5.41, 5.74) is -0.835. The van der Waals surface area contributed by atoms with Crippen LogP contribution >= 0.6 is 0 Å². The molecule has 204 valence electrons. The Hall–Kier alpha value is -1.24. The highest BCUT2D eigenvalue weighted by molar-refractivity contribution is 5.87. The number of ketones is 1. The molecule has 0 amide bonds. The quantitative estimate of drug-likeness (QED) is 0.384. The van der Waals surface area contributed by atoms with Crippen molar-refractivity contribution in [2.24, 2.45) is 58.2 Å². The zero-order chi connectivity index (χ0) is 26.7. The van der Waals surface area contributed by atoms with Crippen molar-refractivity contribution in [1.29, 1.82) is 0 Å². The third kappa shape index (κ3) is 4.39. The van der Waals surface area contributed by atoms with Gasteiger partial charge in [-0.3, -0.25) is 9.59 Å². The van der Waals surface area contributed by atoms with E-state index in [0.717, 1.165) is 0 Å². The smallest absolute Gasteiger partial charge is 0.302 e. The van der Waals surface area contributed by atoms with Gasteiger partial charge in [0.2, 0.25) is 0 Å². The maximum Gasteiger partial charge on any atom is 0.302 e. The fraction of sp³-hybridized carbons (Fsp3) is 0.867. The first-order valence-corrected chi connectivity index (χ1v) is 14.2. The van der Waals surface area contributed by atoms with Gasteiger partial charge in [0.15, 0.2) is 5.78 Å². The van der Waals surface area contributed by atoms with Crippen LogP contribution in [0.25, 0.3) is 0 Å². The molecule has 4 fully saturated rings. The lowest BCUT2D eigenvalue weighted by Crippen LogP contribution is -2.66. The van der Waals surface area contributed by atoms with Gasteiger partial charge in [0.05, 0.1) is 12.2 Å². The number of carbonyl (C=O) groups excluding carboxylic acids is 2. The molecule has 0 aromatic heterocycles. The van der Waals surface area contributed by atoms with E-state index in [1.165, 1.54) is 6.92 Å². The molecule has 0 radical (unpaired) electrons. The Balaban J connectivity index is 1.73. The Kier molecular flexibility index (Phi) is 7.57. The largest absolute Gasteiger partial charge is 0.462 e. The molecule has 13 atom stereocenters. The summed E-state index contributed by atoms with van der Waals surface area (Å²) in [7, 11) is 0. The van der Waals surface area contributed by atoms with E-state index in [1.54, 1.807) is 0 Å². The predicted octanol–water partition coefficient (Wildman–Crippen LogP) is 4.15. The number of allylic oxidation sites excluding steroid dienone is 2. The molecule has 36 heavy (non-hydrogen) atoms. The van der Waals surface area contributed by atoms with Crippen molar-refractivity contribution in [2.75, 3.05) is 0 Å². The third-order valence-corrected chi connectivity index (χ3v) is 11.2. The van der Waals surface area contributed by atoms with Crippen LogP contribution in [-0.2, 0) is 14.3 Å². The maximum absolute atomic E-state index is 13.5. The Bertz CT molecular complexity index is 883. The van der Waals surface area contributed by atoms with Gasteiger partial charge in [-0.05, 0) is 72.5 Å². The van der Waals surface area contributed by atoms with Crippen molar-refractivity contribution in [3.63, 3.8) is 0 Å². The van der Waals surface area contributed by atoms with E-state index < -0.39 is 29.6 Å². The van der Waals surface area contributed by atoms with Crippen LogP contribution in [0.5, 0.6) is 0 Å². The minimum absolute atomic E-state index is 0.0152. The molecule has 3 N–H and O–H groups in total. The standard InChI is InChI=1S/C30H48O6/c1-15(2)16(3)8-9-17(4)25-23(36-18(5)31)13-20-24-26(22(33)14-30(20,25)7)29(6)11-10-19(32)12-21(29)27(34)28(24)35/h8-9,15-17,19-26,28,32-33,35H,10-14H2,1-7H3/b9-8+/t16-,17+,19-,20-,21+,22-,23-,24?,25-,26?,28+,29-,30-/m0/s1. The molecule has 0 bridgehead atoms. The molecule has 0 spiro atoms. The van der Waals surface area contributed by atoms with Gasteiger partial charge in [0.25, 0.3) is 0 Å². The second-order valence-electron chi connectivity index (χ2n) is 13.6. The third-order valence-electron chi connectivity index (χ3n) is 11.2. The lowest BCUT2D eigenvalue weighted by atomic mass is 9.42. The van der Waals surface area contributed by atoms with E-state index in [2.05, 4.69) is 53.7 Å². The Labute approximate surface area is 216 Å². The molecule has 4 saturated carbocycles. The number of Topliss-reactive ketones (excluding diaryl/α,β-unsaturated/α-hetero) is 1. The van der Waals surface area contributed by atoms with Gasteiger partial charge in [-0.2, -0.15) is 0 Å². The van der Waals surface area contributed by atoms with Crippen LogP contribution in [0.2, 0.25) is 0 Å². The van der Waals surface area contributed by atoms with Gasteiger partial charge < -0.3 is 20.1 Å². The Morgan fingerprint density at radius 2 is 1.72 bits per heavy atom. The van der Waals surface area contributed by atoms with E-state index in [1.807, 2.05) is 0 Å². The molecule has 0 aromatic rings. The van der Waals surface area contributed by atoms with Gasteiger partial charge in [0, 0.05) is 24.7 Å². The van der Waals surface area contributed by atoms with Crippen LogP contribution in [-0.4, -0.2) is 51.5 Å². The number of ether oxygens (including phenoxy) is 1. The molecule has 4 aliphatic carbocycles. The highest BCUT2D eigenvalue weighted by atomic mass is 16.5. The normalized spacial score (nSPS) is 48.3. The number of aliphatic hydroxyl groups excluding tert-OH is 3. The highest BCUT2D eigenvalue weighted by Crippen LogP contribution is 2.68. The van der Waals surface area contributed by atoms with Crippen molar-refractivity contribution in [2.45, 2.75) is 105 Å². The first-order valence-electron chi connectivity index (χ1n) is 14.2. The van der Waals surface area contributed by atoms with Crippen LogP contribution < -0.4 is 0 Å². The van der Waals surface area contributed by atoms with Gasteiger partial charge in [-0.25, -0.2) is 0 Å². The lowest BCUT2D eigenvalue weighted by molar-refractivity contribution is -0.209. The number of aliphatic hydroxyl groups is 3. The van der Waals surface area contributed by atoms with Crippen LogP contribution in [0.1, 0.15) is 80.6 Å². The number of carbonyl (C=O) groups is 2. The topological polar surface area (TPSA) is 104 Å². The van der Waals surface area contributed by atoms with Crippen LogP contribution in [0, 0.1) is 58.2 Å². The van der Waals surface area contributed by atoms with Crippen molar-refractivity contribution in [1.82, 2.24) is 0 Å². The second kappa shape index (κ2) is 9.81. The van der Waals surface area contributed by atoms with Crippen molar-refractivity contribution < 1.29 is 29.6 Å². The van der Waals surface area contributed by atoms with Crippen LogP contribution in [0.4, 0.5) is 0 Å². The first-order chi connectivity index (χ1) is 16.7. The van der Waals surface area contributed by atoms with Crippen molar-refractivity contribution in [3.8, 4) is 0 Å². The van der Waals surface area contributed by atoms with Crippen molar-refractivity contribution in [3.05, 3.63) is 12.2 Å².